The van der Waals surface area contributed by atoms with Crippen molar-refractivity contribution in [3.05, 3.63) is 34.1 Å². The molecule has 1 aromatic carbocycles. The minimum atomic E-state index is -4.21. The van der Waals surface area contributed by atoms with Crippen molar-refractivity contribution in [2.45, 2.75) is 24.3 Å². The van der Waals surface area contributed by atoms with Crippen molar-refractivity contribution in [2.24, 2.45) is 0 Å². The summed E-state index contributed by atoms with van der Waals surface area (Å²) in [6, 6.07) is 2.26. The number of terminal acetylenes is 1. The van der Waals surface area contributed by atoms with Crippen molar-refractivity contribution in [1.82, 2.24) is 4.72 Å². The zero-order chi connectivity index (χ0) is 14.6. The summed E-state index contributed by atoms with van der Waals surface area (Å²) in [7, 11) is -4.21. The van der Waals surface area contributed by atoms with Crippen molar-refractivity contribution in [3.63, 3.8) is 0 Å². The van der Waals surface area contributed by atoms with Gasteiger partial charge in [-0.25, -0.2) is 13.1 Å². The molecule has 0 bridgehead atoms. The molecule has 0 heterocycles. The minimum absolute atomic E-state index is 0.113. The van der Waals surface area contributed by atoms with Gasteiger partial charge < -0.3 is 0 Å². The van der Waals surface area contributed by atoms with Crippen LogP contribution < -0.4 is 4.72 Å². The minimum Gasteiger partial charge on any atom is -0.258 e. The highest BCUT2D eigenvalue weighted by molar-refractivity contribution is 7.89. The highest BCUT2D eigenvalue weighted by Crippen LogP contribution is 2.26. The van der Waals surface area contributed by atoms with Gasteiger partial charge in [-0.3, -0.25) is 10.1 Å². The van der Waals surface area contributed by atoms with E-state index in [1.165, 1.54) is 6.92 Å². The molecule has 0 saturated carbocycles. The Bertz CT molecular complexity index is 637. The summed E-state index contributed by atoms with van der Waals surface area (Å²) >= 11 is 0. The summed E-state index contributed by atoms with van der Waals surface area (Å²) in [4.78, 5) is 8.95. The topological polar surface area (TPSA) is 89.3 Å². The third kappa shape index (κ3) is 3.49. The molecule has 0 saturated heterocycles. The fourth-order valence-corrected chi connectivity index (χ4v) is 2.86. The zero-order valence-electron chi connectivity index (χ0n) is 9.96. The van der Waals surface area contributed by atoms with E-state index in [2.05, 4.69) is 10.6 Å². The largest absolute Gasteiger partial charge is 0.324 e. The van der Waals surface area contributed by atoms with Gasteiger partial charge in [-0.2, -0.15) is 4.39 Å². The normalized spacial score (nSPS) is 12.7. The maximum atomic E-state index is 13.4. The van der Waals surface area contributed by atoms with Crippen molar-refractivity contribution in [3.8, 4) is 12.3 Å². The Morgan fingerprint density at radius 2 is 2.21 bits per heavy atom. The molecule has 8 heteroatoms. The molecule has 0 aliphatic heterocycles. The first kappa shape index (κ1) is 15.1. The van der Waals surface area contributed by atoms with Crippen LogP contribution in [0.5, 0.6) is 0 Å². The number of nitrogens with zero attached hydrogens (tertiary/aromatic N) is 1. The van der Waals surface area contributed by atoms with Gasteiger partial charge in [0, 0.05) is 12.5 Å². The van der Waals surface area contributed by atoms with Gasteiger partial charge in [-0.15, -0.1) is 12.3 Å². The molecule has 1 aromatic rings. The molecule has 0 aliphatic rings. The molecule has 1 rings (SSSR count). The second kappa shape index (κ2) is 5.77. The molecule has 1 atom stereocenters. The van der Waals surface area contributed by atoms with Crippen LogP contribution in [-0.4, -0.2) is 19.4 Å². The molecule has 0 radical (unpaired) electrons. The average molecular weight is 286 g/mol. The summed E-state index contributed by atoms with van der Waals surface area (Å²) in [5, 5.41) is 10.7. The smallest absolute Gasteiger partial charge is 0.258 e. The SMILES string of the molecule is C#CCC(C)NS(=O)(=O)c1cccc(F)c1[N+](=O)[O-]. The number of hydrogen-bond donors (Lipinski definition) is 1. The number of sulfonamides is 1. The van der Waals surface area contributed by atoms with Gasteiger partial charge in [0.15, 0.2) is 4.90 Å². The lowest BCUT2D eigenvalue weighted by atomic mass is 10.3. The van der Waals surface area contributed by atoms with Crippen molar-refractivity contribution in [1.29, 1.82) is 0 Å². The summed E-state index contributed by atoms with van der Waals surface area (Å²) in [5.74, 6) is 1.04. The van der Waals surface area contributed by atoms with E-state index in [0.717, 1.165) is 18.2 Å². The lowest BCUT2D eigenvalue weighted by molar-refractivity contribution is -0.390. The number of nitro groups is 1. The van der Waals surface area contributed by atoms with E-state index < -0.39 is 37.4 Å². The van der Waals surface area contributed by atoms with Crippen LogP contribution in [0.15, 0.2) is 23.1 Å². The quantitative estimate of drug-likeness (QED) is 0.503. The molecule has 1 unspecified atom stereocenters. The lowest BCUT2D eigenvalue weighted by Gasteiger charge is -2.11. The molecule has 1 N–H and O–H groups in total. The van der Waals surface area contributed by atoms with Gasteiger partial charge in [0.05, 0.1) is 4.92 Å². The predicted molar refractivity (Wildman–Crippen MR) is 66.3 cm³/mol. The maximum absolute atomic E-state index is 13.4. The maximum Gasteiger partial charge on any atom is 0.324 e. The zero-order valence-corrected chi connectivity index (χ0v) is 10.8. The first-order valence-electron chi connectivity index (χ1n) is 5.18. The van der Waals surface area contributed by atoms with Crippen LogP contribution in [-0.2, 0) is 10.0 Å². The molecular weight excluding hydrogens is 275 g/mol. The Balaban J connectivity index is 3.27. The molecule has 0 aliphatic carbocycles. The Morgan fingerprint density at radius 1 is 1.58 bits per heavy atom. The number of halogens is 1. The second-order valence-electron chi connectivity index (χ2n) is 3.77. The molecule has 6 nitrogen and oxygen atoms in total. The average Bonchev–Trinajstić information content (AvgIpc) is 2.27. The molecule has 0 amide bonds. The van der Waals surface area contributed by atoms with Crippen LogP contribution in [0.4, 0.5) is 10.1 Å². The van der Waals surface area contributed by atoms with Gasteiger partial charge in [0.1, 0.15) is 0 Å². The summed E-state index contributed by atoms with van der Waals surface area (Å²) in [5.41, 5.74) is -1.08. The van der Waals surface area contributed by atoms with Gasteiger partial charge in [-0.1, -0.05) is 6.07 Å². The molecule has 0 fully saturated rings. The van der Waals surface area contributed by atoms with E-state index >= 15 is 0 Å². The summed E-state index contributed by atoms with van der Waals surface area (Å²) < 4.78 is 39.4. The monoisotopic (exact) mass is 286 g/mol. The Morgan fingerprint density at radius 3 is 2.74 bits per heavy atom. The van der Waals surface area contributed by atoms with Crippen LogP contribution in [0, 0.1) is 28.3 Å². The predicted octanol–water partition coefficient (Wildman–Crippen LogP) is 1.42. The van der Waals surface area contributed by atoms with E-state index in [4.69, 9.17) is 6.42 Å². The van der Waals surface area contributed by atoms with Gasteiger partial charge in [-0.05, 0) is 19.1 Å². The fraction of sp³-hybridized carbons (Fsp3) is 0.273. The van der Waals surface area contributed by atoms with E-state index in [1.54, 1.807) is 0 Å². The summed E-state index contributed by atoms with van der Waals surface area (Å²) in [6.45, 7) is 1.50. The standard InChI is InChI=1S/C11H11FN2O4S/c1-3-5-8(2)13-19(17,18)10-7-4-6-9(12)11(10)14(15)16/h1,4,6-8,13H,5H2,2H3. The van der Waals surface area contributed by atoms with E-state index in [9.17, 15) is 22.9 Å². The highest BCUT2D eigenvalue weighted by Gasteiger charge is 2.30. The second-order valence-corrected chi connectivity index (χ2v) is 5.46. The highest BCUT2D eigenvalue weighted by atomic mass is 32.2. The molecule has 0 aromatic heterocycles. The Labute approximate surface area is 109 Å². The van der Waals surface area contributed by atoms with Crippen LogP contribution in [0.1, 0.15) is 13.3 Å². The molecular formula is C11H11FN2O4S. The van der Waals surface area contributed by atoms with Gasteiger partial charge in [0.2, 0.25) is 15.8 Å². The third-order valence-electron chi connectivity index (χ3n) is 2.20. The number of nitrogens with one attached hydrogen (secondary N) is 1. The van der Waals surface area contributed by atoms with E-state index in [0.29, 0.717) is 0 Å². The number of para-hydroxylation sites is 1. The van der Waals surface area contributed by atoms with Crippen LogP contribution >= 0.6 is 0 Å². The van der Waals surface area contributed by atoms with Gasteiger partial charge in [0.25, 0.3) is 0 Å². The number of benzene rings is 1. The molecule has 0 spiro atoms. The van der Waals surface area contributed by atoms with E-state index in [1.807, 2.05) is 0 Å². The Hall–Kier alpha value is -1.98. The third-order valence-corrected chi connectivity index (χ3v) is 3.82. The molecule has 102 valence electrons. The first-order chi connectivity index (χ1) is 8.79. The number of hydrogen-bond acceptors (Lipinski definition) is 4. The van der Waals surface area contributed by atoms with E-state index in [-0.39, 0.29) is 6.42 Å². The van der Waals surface area contributed by atoms with Crippen molar-refractivity contribution >= 4 is 15.7 Å². The van der Waals surface area contributed by atoms with Gasteiger partial charge >= 0.3 is 5.69 Å². The lowest BCUT2D eigenvalue weighted by Crippen LogP contribution is -2.32. The van der Waals surface area contributed by atoms with Crippen LogP contribution in [0.25, 0.3) is 0 Å². The van der Waals surface area contributed by atoms with Crippen molar-refractivity contribution < 1.29 is 17.7 Å². The van der Waals surface area contributed by atoms with Crippen LogP contribution in [0.2, 0.25) is 0 Å². The Kier molecular flexibility index (Phi) is 4.58. The molecule has 19 heavy (non-hydrogen) atoms. The van der Waals surface area contributed by atoms with Crippen LogP contribution in [0.3, 0.4) is 0 Å². The number of nitro benzene ring substituents is 1. The number of rotatable bonds is 5. The fourth-order valence-electron chi connectivity index (χ4n) is 1.44. The first-order valence-corrected chi connectivity index (χ1v) is 6.66. The van der Waals surface area contributed by atoms with Crippen molar-refractivity contribution in [2.75, 3.05) is 0 Å². The summed E-state index contributed by atoms with van der Waals surface area (Å²) in [6.07, 6.45) is 5.15.